The standard InChI is InChI=1S/C17H16BrN9O6S3/c1-26-17(22-24-25-26)35-4-6-3-34-14-9(13(30)27(14)10(6)15(31)32)20-12(29)8(23-33-2)7-11(18)36-16(21-7)19-5-28/h5,9,14H,3-4H2,1-2H3,(H,20,29)(H,31,32)(H,19,21,28)/t9?,14-/m1/s1. The number of aromatic nitrogens is 5. The molecule has 2 aromatic rings. The fourth-order valence-electron chi connectivity index (χ4n) is 3.34. The van der Waals surface area contributed by atoms with Gasteiger partial charge in [0.15, 0.2) is 10.8 Å². The lowest BCUT2D eigenvalue weighted by molar-refractivity contribution is -0.150. The molecule has 0 aliphatic carbocycles. The zero-order valence-electron chi connectivity index (χ0n) is 18.4. The van der Waals surface area contributed by atoms with Crippen molar-refractivity contribution < 1.29 is 29.1 Å². The van der Waals surface area contributed by atoms with E-state index in [1.807, 2.05) is 0 Å². The highest BCUT2D eigenvalue weighted by Gasteiger charge is 2.54. The highest BCUT2D eigenvalue weighted by atomic mass is 79.9. The van der Waals surface area contributed by atoms with E-state index in [0.717, 1.165) is 11.3 Å². The van der Waals surface area contributed by atoms with Gasteiger partial charge in [-0.2, -0.15) is 0 Å². The predicted molar refractivity (Wildman–Crippen MR) is 132 cm³/mol. The van der Waals surface area contributed by atoms with E-state index in [1.165, 1.54) is 40.2 Å². The Morgan fingerprint density at radius 3 is 2.86 bits per heavy atom. The third-order valence-corrected chi connectivity index (χ3v) is 8.96. The zero-order valence-corrected chi connectivity index (χ0v) is 22.4. The van der Waals surface area contributed by atoms with E-state index in [0.29, 0.717) is 26.7 Å². The SMILES string of the molecule is CON=C(C(=O)NC1C(=O)N2C(C(=O)O)=C(CSc3nnnn3C)CS[C@H]12)c1nc(NC=O)sc1Br. The van der Waals surface area contributed by atoms with Gasteiger partial charge in [0.25, 0.3) is 11.8 Å². The number of aliphatic carboxylic acids is 1. The Kier molecular flexibility index (Phi) is 7.91. The van der Waals surface area contributed by atoms with Crippen molar-refractivity contribution in [2.75, 3.05) is 23.9 Å². The third kappa shape index (κ3) is 4.95. The maximum Gasteiger partial charge on any atom is 0.352 e. The van der Waals surface area contributed by atoms with Crippen LogP contribution >= 0.6 is 50.8 Å². The summed E-state index contributed by atoms with van der Waals surface area (Å²) in [6.07, 6.45) is 0.439. The highest BCUT2D eigenvalue weighted by molar-refractivity contribution is 9.11. The van der Waals surface area contributed by atoms with Crippen LogP contribution in [0.3, 0.4) is 0 Å². The first-order valence-corrected chi connectivity index (χ1v) is 13.4. The summed E-state index contributed by atoms with van der Waals surface area (Å²) in [6.45, 7) is 0. The number of hydrogen-bond donors (Lipinski definition) is 3. The van der Waals surface area contributed by atoms with Crippen LogP contribution in [0.1, 0.15) is 5.69 Å². The summed E-state index contributed by atoms with van der Waals surface area (Å²) >= 11 is 6.91. The molecule has 0 spiro atoms. The molecule has 0 saturated carbocycles. The number of anilines is 1. The number of halogens is 1. The lowest BCUT2D eigenvalue weighted by Crippen LogP contribution is -2.71. The number of carboxylic acids is 1. The Bertz CT molecular complexity index is 1290. The number of nitrogens with zero attached hydrogens (tertiary/aromatic N) is 7. The number of tetrazole rings is 1. The molecular formula is C17H16BrN9O6S3. The van der Waals surface area contributed by atoms with E-state index in [-0.39, 0.29) is 28.0 Å². The van der Waals surface area contributed by atoms with Gasteiger partial charge in [-0.1, -0.05) is 28.3 Å². The van der Waals surface area contributed by atoms with Gasteiger partial charge < -0.3 is 20.6 Å². The number of oxime groups is 1. The molecule has 0 radical (unpaired) electrons. The first kappa shape index (κ1) is 26.0. The second-order valence-electron chi connectivity index (χ2n) is 7.02. The minimum atomic E-state index is -1.24. The van der Waals surface area contributed by atoms with Crippen LogP contribution in [-0.2, 0) is 31.1 Å². The van der Waals surface area contributed by atoms with Gasteiger partial charge in [-0.25, -0.2) is 14.5 Å². The van der Waals surface area contributed by atoms with E-state index in [9.17, 15) is 24.3 Å². The molecule has 4 heterocycles. The van der Waals surface area contributed by atoms with Gasteiger partial charge in [-0.15, -0.1) is 16.9 Å². The lowest BCUT2D eigenvalue weighted by Gasteiger charge is -2.49. The van der Waals surface area contributed by atoms with Gasteiger partial charge in [0.2, 0.25) is 11.6 Å². The number of thioether (sulfide) groups is 2. The van der Waals surface area contributed by atoms with Crippen LogP contribution in [-0.4, -0.2) is 95.1 Å². The molecule has 1 unspecified atom stereocenters. The number of aryl methyl sites for hydroxylation is 1. The molecule has 2 atom stereocenters. The van der Waals surface area contributed by atoms with Crippen molar-refractivity contribution >= 4 is 85.8 Å². The molecule has 0 aromatic carbocycles. The molecule has 2 aliphatic heterocycles. The van der Waals surface area contributed by atoms with Crippen molar-refractivity contribution in [2.24, 2.45) is 12.2 Å². The van der Waals surface area contributed by atoms with Crippen molar-refractivity contribution in [1.82, 2.24) is 35.4 Å². The number of hydrogen-bond acceptors (Lipinski definition) is 13. The van der Waals surface area contributed by atoms with Crippen molar-refractivity contribution in [1.29, 1.82) is 0 Å². The smallest absolute Gasteiger partial charge is 0.352 e. The molecule has 4 rings (SSSR count). The minimum absolute atomic E-state index is 0.104. The van der Waals surface area contributed by atoms with E-state index in [4.69, 9.17) is 4.84 Å². The number of carbonyl (C=O) groups is 4. The Hall–Kier alpha value is -3.03. The van der Waals surface area contributed by atoms with Crippen molar-refractivity contribution in [3.05, 3.63) is 20.8 Å². The van der Waals surface area contributed by atoms with E-state index in [2.05, 4.69) is 52.2 Å². The van der Waals surface area contributed by atoms with Gasteiger partial charge in [-0.3, -0.25) is 19.3 Å². The number of rotatable bonds is 10. The van der Waals surface area contributed by atoms with Crippen molar-refractivity contribution in [2.45, 2.75) is 16.6 Å². The number of thiazole rings is 1. The minimum Gasteiger partial charge on any atom is -0.477 e. The Labute approximate surface area is 223 Å². The molecule has 2 aliphatic rings. The summed E-state index contributed by atoms with van der Waals surface area (Å²) in [4.78, 5) is 58.8. The van der Waals surface area contributed by atoms with Gasteiger partial charge in [0.1, 0.15) is 33.7 Å². The monoisotopic (exact) mass is 617 g/mol. The van der Waals surface area contributed by atoms with Crippen molar-refractivity contribution in [3.63, 3.8) is 0 Å². The van der Waals surface area contributed by atoms with Gasteiger partial charge >= 0.3 is 5.97 Å². The molecular weight excluding hydrogens is 602 g/mol. The van der Waals surface area contributed by atoms with E-state index >= 15 is 0 Å². The molecule has 190 valence electrons. The summed E-state index contributed by atoms with van der Waals surface area (Å²) in [5, 5.41) is 29.8. The van der Waals surface area contributed by atoms with Gasteiger partial charge in [0, 0.05) is 18.6 Å². The molecule has 3 N–H and O–H groups in total. The number of nitrogens with one attached hydrogen (secondary N) is 2. The first-order chi connectivity index (χ1) is 17.3. The first-order valence-electron chi connectivity index (χ1n) is 9.80. The second kappa shape index (κ2) is 10.9. The average molecular weight is 618 g/mol. The topological polar surface area (TPSA) is 194 Å². The number of fused-ring (bicyclic) bond motifs is 1. The maximum absolute atomic E-state index is 13.0. The van der Waals surface area contributed by atoms with Crippen LogP contribution in [0.4, 0.5) is 5.13 Å². The Morgan fingerprint density at radius 2 is 2.22 bits per heavy atom. The highest BCUT2D eigenvalue weighted by Crippen LogP contribution is 2.41. The number of β-lactam (4-membered cyclic amide) rings is 1. The number of amides is 3. The van der Waals surface area contributed by atoms with Crippen LogP contribution in [0.2, 0.25) is 0 Å². The van der Waals surface area contributed by atoms with E-state index < -0.39 is 29.2 Å². The maximum atomic E-state index is 13.0. The second-order valence-corrected chi connectivity index (χ2v) is 11.4. The quantitative estimate of drug-likeness (QED) is 0.105. The average Bonchev–Trinajstić information content (AvgIpc) is 3.43. The normalized spacial score (nSPS) is 19.5. The van der Waals surface area contributed by atoms with Crippen molar-refractivity contribution in [3.8, 4) is 0 Å². The van der Waals surface area contributed by atoms with Crippen LogP contribution < -0.4 is 10.6 Å². The summed E-state index contributed by atoms with van der Waals surface area (Å²) in [7, 11) is 2.91. The van der Waals surface area contributed by atoms with Crippen LogP contribution in [0, 0.1) is 0 Å². The summed E-state index contributed by atoms with van der Waals surface area (Å²) in [6, 6.07) is -0.985. The summed E-state index contributed by atoms with van der Waals surface area (Å²) < 4.78 is 1.87. The van der Waals surface area contributed by atoms with E-state index in [1.54, 1.807) is 7.05 Å². The molecule has 36 heavy (non-hydrogen) atoms. The molecule has 3 amide bonds. The molecule has 1 saturated heterocycles. The number of carboxylic acid groups (broad SMARTS) is 1. The third-order valence-electron chi connectivity index (χ3n) is 4.88. The predicted octanol–water partition coefficient (Wildman–Crippen LogP) is -0.121. The molecule has 19 heteroatoms. The molecule has 2 aromatic heterocycles. The molecule has 1 fully saturated rings. The lowest BCUT2D eigenvalue weighted by atomic mass is 10.0. The molecule has 0 bridgehead atoms. The Morgan fingerprint density at radius 1 is 1.44 bits per heavy atom. The van der Waals surface area contributed by atoms with Crippen LogP contribution in [0.5, 0.6) is 0 Å². The van der Waals surface area contributed by atoms with Gasteiger partial charge in [0.05, 0.1) is 0 Å². The zero-order chi connectivity index (χ0) is 26.0. The largest absolute Gasteiger partial charge is 0.477 e. The summed E-state index contributed by atoms with van der Waals surface area (Å²) in [5.41, 5.74) is 0.301. The van der Waals surface area contributed by atoms with Crippen LogP contribution in [0.15, 0.2) is 25.4 Å². The fourth-order valence-corrected chi connectivity index (χ4v) is 7.07. The van der Waals surface area contributed by atoms with Crippen LogP contribution in [0.25, 0.3) is 0 Å². The number of carbonyl (C=O) groups excluding carboxylic acids is 3. The Balaban J connectivity index is 1.50. The van der Waals surface area contributed by atoms with Gasteiger partial charge in [-0.05, 0) is 31.9 Å². The molecule has 15 nitrogen and oxygen atoms in total. The summed E-state index contributed by atoms with van der Waals surface area (Å²) in [5.74, 6) is -1.96. The fraction of sp³-hybridized carbons (Fsp3) is 0.353.